The number of nitrogens with one attached hydrogen (secondary N) is 1. The van der Waals surface area contributed by atoms with E-state index < -0.39 is 0 Å². The van der Waals surface area contributed by atoms with E-state index in [-0.39, 0.29) is 18.2 Å². The normalized spacial score (nSPS) is 10.2. The molecule has 1 heterocycles. The third kappa shape index (κ3) is 5.83. The van der Waals surface area contributed by atoms with Crippen LogP contribution in [0.4, 0.5) is 5.69 Å². The molecule has 23 heavy (non-hydrogen) atoms. The van der Waals surface area contributed by atoms with Crippen molar-refractivity contribution in [2.24, 2.45) is 0 Å². The second-order valence-electron chi connectivity index (χ2n) is 5.10. The highest BCUT2D eigenvalue weighted by Gasteiger charge is 2.12. The van der Waals surface area contributed by atoms with Gasteiger partial charge >= 0.3 is 0 Å². The molecular formula is C17H18BrN3O2. The highest BCUT2D eigenvalue weighted by atomic mass is 79.9. The van der Waals surface area contributed by atoms with Gasteiger partial charge in [0.1, 0.15) is 0 Å². The van der Waals surface area contributed by atoms with Gasteiger partial charge < -0.3 is 10.2 Å². The molecule has 0 saturated heterocycles. The number of pyridine rings is 1. The van der Waals surface area contributed by atoms with Crippen molar-refractivity contribution in [2.45, 2.75) is 19.9 Å². The van der Waals surface area contributed by atoms with E-state index in [9.17, 15) is 9.59 Å². The third-order valence-corrected chi connectivity index (χ3v) is 3.83. The van der Waals surface area contributed by atoms with E-state index in [4.69, 9.17) is 0 Å². The van der Waals surface area contributed by atoms with Crippen LogP contribution in [0.3, 0.4) is 0 Å². The van der Waals surface area contributed by atoms with E-state index in [1.807, 2.05) is 36.4 Å². The molecule has 1 aromatic heterocycles. The molecule has 0 aliphatic rings. The van der Waals surface area contributed by atoms with Gasteiger partial charge in [0.2, 0.25) is 11.8 Å². The predicted molar refractivity (Wildman–Crippen MR) is 92.7 cm³/mol. The van der Waals surface area contributed by atoms with Crippen molar-refractivity contribution in [3.8, 4) is 0 Å². The zero-order valence-electron chi connectivity index (χ0n) is 12.8. The average molecular weight is 376 g/mol. The summed E-state index contributed by atoms with van der Waals surface area (Å²) in [7, 11) is 0. The first-order valence-electron chi connectivity index (χ1n) is 7.24. The summed E-state index contributed by atoms with van der Waals surface area (Å²) in [5, 5.41) is 2.82. The van der Waals surface area contributed by atoms with Gasteiger partial charge in [0.25, 0.3) is 0 Å². The van der Waals surface area contributed by atoms with E-state index in [1.165, 1.54) is 6.92 Å². The van der Waals surface area contributed by atoms with Gasteiger partial charge in [0.05, 0.1) is 0 Å². The Hall–Kier alpha value is -2.21. The van der Waals surface area contributed by atoms with Crippen LogP contribution in [-0.2, 0) is 16.1 Å². The first-order chi connectivity index (χ1) is 11.0. The lowest BCUT2D eigenvalue weighted by Crippen LogP contribution is -2.31. The minimum absolute atomic E-state index is 0.0572. The lowest BCUT2D eigenvalue weighted by Gasteiger charge is -2.20. The minimum Gasteiger partial charge on any atom is -0.338 e. The molecule has 0 aliphatic carbocycles. The monoisotopic (exact) mass is 375 g/mol. The first kappa shape index (κ1) is 17.1. The summed E-state index contributed by atoms with van der Waals surface area (Å²) in [5.41, 5.74) is 1.73. The number of rotatable bonds is 6. The van der Waals surface area contributed by atoms with Crippen molar-refractivity contribution in [3.05, 3.63) is 58.8 Å². The molecule has 2 aromatic rings. The maximum atomic E-state index is 12.0. The summed E-state index contributed by atoms with van der Waals surface area (Å²) >= 11 is 3.35. The number of hydrogen-bond donors (Lipinski definition) is 1. The fraction of sp³-hybridized carbons (Fsp3) is 0.235. The summed E-state index contributed by atoms with van der Waals surface area (Å²) in [5.74, 6) is -0.174. The van der Waals surface area contributed by atoms with Crippen molar-refractivity contribution < 1.29 is 9.59 Å². The minimum atomic E-state index is -0.117. The van der Waals surface area contributed by atoms with E-state index >= 15 is 0 Å². The van der Waals surface area contributed by atoms with Gasteiger partial charge in [0, 0.05) is 49.0 Å². The predicted octanol–water partition coefficient (Wildman–Crippen LogP) is 3.22. The van der Waals surface area contributed by atoms with Crippen LogP contribution >= 0.6 is 15.9 Å². The molecule has 5 nitrogen and oxygen atoms in total. The second-order valence-corrected chi connectivity index (χ2v) is 6.02. The molecule has 1 aromatic carbocycles. The Balaban J connectivity index is 1.87. The van der Waals surface area contributed by atoms with E-state index in [0.29, 0.717) is 13.1 Å². The maximum absolute atomic E-state index is 12.0. The Morgan fingerprint density at radius 1 is 1.13 bits per heavy atom. The van der Waals surface area contributed by atoms with Crippen LogP contribution in [0.25, 0.3) is 0 Å². The molecule has 0 atom stereocenters. The number of carbonyl (C=O) groups excluding carboxylic acids is 2. The fourth-order valence-electron chi connectivity index (χ4n) is 2.05. The largest absolute Gasteiger partial charge is 0.338 e. The summed E-state index contributed by atoms with van der Waals surface area (Å²) < 4.78 is 0.954. The number of halogens is 1. The lowest BCUT2D eigenvalue weighted by atomic mass is 10.2. The number of amides is 2. The molecule has 2 amide bonds. The number of carbonyl (C=O) groups is 2. The summed E-state index contributed by atoms with van der Waals surface area (Å²) in [6.45, 7) is 2.36. The molecule has 0 unspecified atom stereocenters. The molecule has 0 bridgehead atoms. The SMILES string of the molecule is CC(=O)N(CCC(=O)Nc1ccc(Br)cc1)Cc1ccncc1. The summed E-state index contributed by atoms with van der Waals surface area (Å²) in [6, 6.07) is 11.1. The third-order valence-electron chi connectivity index (χ3n) is 3.30. The highest BCUT2D eigenvalue weighted by molar-refractivity contribution is 9.10. The zero-order chi connectivity index (χ0) is 16.7. The highest BCUT2D eigenvalue weighted by Crippen LogP contribution is 2.14. The quantitative estimate of drug-likeness (QED) is 0.842. The van der Waals surface area contributed by atoms with Gasteiger partial charge in [-0.2, -0.15) is 0 Å². The van der Waals surface area contributed by atoms with Gasteiger partial charge in [-0.05, 0) is 42.0 Å². The van der Waals surface area contributed by atoms with Crippen LogP contribution in [0, 0.1) is 0 Å². The Morgan fingerprint density at radius 2 is 1.78 bits per heavy atom. The zero-order valence-corrected chi connectivity index (χ0v) is 14.4. The fourth-order valence-corrected chi connectivity index (χ4v) is 2.31. The van der Waals surface area contributed by atoms with Crippen molar-refractivity contribution in [1.29, 1.82) is 0 Å². The molecule has 0 saturated carbocycles. The van der Waals surface area contributed by atoms with Gasteiger partial charge in [0.15, 0.2) is 0 Å². The van der Waals surface area contributed by atoms with Crippen molar-refractivity contribution in [1.82, 2.24) is 9.88 Å². The molecule has 0 fully saturated rings. The van der Waals surface area contributed by atoms with Gasteiger partial charge in [-0.1, -0.05) is 15.9 Å². The number of benzene rings is 1. The van der Waals surface area contributed by atoms with Crippen LogP contribution in [0.5, 0.6) is 0 Å². The topological polar surface area (TPSA) is 62.3 Å². The van der Waals surface area contributed by atoms with Gasteiger partial charge in [-0.15, -0.1) is 0 Å². The van der Waals surface area contributed by atoms with Crippen LogP contribution in [0.15, 0.2) is 53.3 Å². The molecule has 2 rings (SSSR count). The lowest BCUT2D eigenvalue weighted by molar-refractivity contribution is -0.129. The van der Waals surface area contributed by atoms with Crippen molar-refractivity contribution in [3.63, 3.8) is 0 Å². The van der Waals surface area contributed by atoms with Crippen molar-refractivity contribution >= 4 is 33.4 Å². The van der Waals surface area contributed by atoms with Crippen LogP contribution in [-0.4, -0.2) is 28.2 Å². The molecule has 0 aliphatic heterocycles. The summed E-state index contributed by atoms with van der Waals surface area (Å²) in [4.78, 5) is 29.3. The number of nitrogens with zero attached hydrogens (tertiary/aromatic N) is 2. The maximum Gasteiger partial charge on any atom is 0.226 e. The van der Waals surface area contributed by atoms with Gasteiger partial charge in [-0.3, -0.25) is 14.6 Å². The average Bonchev–Trinajstić information content (AvgIpc) is 2.54. The smallest absolute Gasteiger partial charge is 0.226 e. The second kappa shape index (κ2) is 8.43. The Bertz CT molecular complexity index is 659. The molecule has 6 heteroatoms. The molecule has 0 spiro atoms. The van der Waals surface area contributed by atoms with Crippen LogP contribution < -0.4 is 5.32 Å². The Labute approximate surface area is 143 Å². The standard InChI is InChI=1S/C17H18BrN3O2/c1-13(22)21(12-14-6-9-19-10-7-14)11-8-17(23)20-16-4-2-15(18)3-5-16/h2-7,9-10H,8,11-12H2,1H3,(H,20,23). The van der Waals surface area contributed by atoms with Crippen LogP contribution in [0.1, 0.15) is 18.9 Å². The van der Waals surface area contributed by atoms with E-state index in [2.05, 4.69) is 26.2 Å². The molecular weight excluding hydrogens is 358 g/mol. The molecule has 1 N–H and O–H groups in total. The number of hydrogen-bond acceptors (Lipinski definition) is 3. The number of anilines is 1. The molecule has 120 valence electrons. The van der Waals surface area contributed by atoms with Crippen LogP contribution in [0.2, 0.25) is 0 Å². The Morgan fingerprint density at radius 3 is 2.39 bits per heavy atom. The Kier molecular flexibility index (Phi) is 6.29. The first-order valence-corrected chi connectivity index (χ1v) is 8.04. The van der Waals surface area contributed by atoms with E-state index in [0.717, 1.165) is 15.7 Å². The molecule has 0 radical (unpaired) electrons. The summed E-state index contributed by atoms with van der Waals surface area (Å²) in [6.07, 6.45) is 3.63. The van der Waals surface area contributed by atoms with E-state index in [1.54, 1.807) is 17.3 Å². The number of aromatic nitrogens is 1. The van der Waals surface area contributed by atoms with Gasteiger partial charge in [-0.25, -0.2) is 0 Å². The van der Waals surface area contributed by atoms with Crippen molar-refractivity contribution in [2.75, 3.05) is 11.9 Å².